The first-order chi connectivity index (χ1) is 9.78. The summed E-state index contributed by atoms with van der Waals surface area (Å²) in [5, 5.41) is 2.32. The molecule has 0 saturated carbocycles. The zero-order chi connectivity index (χ0) is 14.4. The summed E-state index contributed by atoms with van der Waals surface area (Å²) in [7, 11) is 3.35. The molecule has 0 aromatic heterocycles. The highest BCUT2D eigenvalue weighted by atomic mass is 32.2. The van der Waals surface area contributed by atoms with E-state index in [1.807, 2.05) is 0 Å². The predicted octanol–water partition coefficient (Wildman–Crippen LogP) is 2.92. The standard InChI is InChI=1S/C15H24N2O2S/c1-18-13-9-12(15(20-3)10-14(13)19-2)11-16-17-7-5-4-6-8-17/h9-10,16H,4-8,11H2,1-3H3. The summed E-state index contributed by atoms with van der Waals surface area (Å²) in [6.07, 6.45) is 6.01. The summed E-state index contributed by atoms with van der Waals surface area (Å²) < 4.78 is 10.8. The molecule has 4 nitrogen and oxygen atoms in total. The lowest BCUT2D eigenvalue weighted by atomic mass is 10.1. The Morgan fingerprint density at radius 1 is 1.10 bits per heavy atom. The molecule has 1 heterocycles. The highest BCUT2D eigenvalue weighted by Gasteiger charge is 2.13. The van der Waals surface area contributed by atoms with Crippen LogP contribution >= 0.6 is 11.8 Å². The number of piperidine rings is 1. The van der Waals surface area contributed by atoms with Crippen molar-refractivity contribution in [1.82, 2.24) is 10.4 Å². The Balaban J connectivity index is 2.08. The maximum absolute atomic E-state index is 5.39. The third-order valence-electron chi connectivity index (χ3n) is 3.64. The maximum Gasteiger partial charge on any atom is 0.161 e. The summed E-state index contributed by atoms with van der Waals surface area (Å²) in [5.41, 5.74) is 4.78. The zero-order valence-corrected chi connectivity index (χ0v) is 13.4. The van der Waals surface area contributed by atoms with E-state index in [4.69, 9.17) is 9.47 Å². The highest BCUT2D eigenvalue weighted by molar-refractivity contribution is 7.98. The van der Waals surface area contributed by atoms with Crippen LogP contribution in [-0.2, 0) is 6.54 Å². The van der Waals surface area contributed by atoms with Crippen LogP contribution in [-0.4, -0.2) is 38.6 Å². The minimum atomic E-state index is 0.790. The monoisotopic (exact) mass is 296 g/mol. The Hall–Kier alpha value is -0.910. The SMILES string of the molecule is COc1cc(CNN2CCCCC2)c(SC)cc1OC. The predicted molar refractivity (Wildman–Crippen MR) is 83.6 cm³/mol. The van der Waals surface area contributed by atoms with Gasteiger partial charge in [0.15, 0.2) is 11.5 Å². The number of hydrazine groups is 1. The van der Waals surface area contributed by atoms with Crippen LogP contribution in [0.5, 0.6) is 11.5 Å². The number of thioether (sulfide) groups is 1. The van der Waals surface area contributed by atoms with Crippen molar-refractivity contribution in [3.05, 3.63) is 17.7 Å². The van der Waals surface area contributed by atoms with Gasteiger partial charge in [-0.2, -0.15) is 0 Å². The van der Waals surface area contributed by atoms with Crippen molar-refractivity contribution in [1.29, 1.82) is 0 Å². The summed E-state index contributed by atoms with van der Waals surface area (Å²) in [4.78, 5) is 1.23. The molecule has 1 saturated heterocycles. The lowest BCUT2D eigenvalue weighted by Crippen LogP contribution is -2.41. The van der Waals surface area contributed by atoms with E-state index in [2.05, 4.69) is 28.8 Å². The van der Waals surface area contributed by atoms with Gasteiger partial charge in [0.05, 0.1) is 14.2 Å². The van der Waals surface area contributed by atoms with Crippen molar-refractivity contribution in [2.45, 2.75) is 30.7 Å². The second kappa shape index (κ2) is 7.76. The van der Waals surface area contributed by atoms with Crippen LogP contribution in [0, 0.1) is 0 Å². The van der Waals surface area contributed by atoms with Crippen LogP contribution in [0.15, 0.2) is 17.0 Å². The summed E-state index contributed by atoms with van der Waals surface area (Å²) in [5.74, 6) is 1.58. The molecule has 1 aromatic carbocycles. The molecule has 0 spiro atoms. The summed E-state index contributed by atoms with van der Waals surface area (Å²) in [6.45, 7) is 3.11. The van der Waals surface area contributed by atoms with Crippen LogP contribution in [0.1, 0.15) is 24.8 Å². The van der Waals surface area contributed by atoms with Gasteiger partial charge in [0.2, 0.25) is 0 Å². The molecule has 0 unspecified atom stereocenters. The van der Waals surface area contributed by atoms with Gasteiger partial charge in [0, 0.05) is 24.5 Å². The second-order valence-electron chi connectivity index (χ2n) is 4.90. The number of ether oxygens (including phenoxy) is 2. The van der Waals surface area contributed by atoms with Gasteiger partial charge in [-0.1, -0.05) is 6.42 Å². The number of hydrogen-bond donors (Lipinski definition) is 1. The molecular weight excluding hydrogens is 272 g/mol. The van der Waals surface area contributed by atoms with E-state index in [1.165, 1.54) is 29.7 Å². The van der Waals surface area contributed by atoms with Crippen molar-refractivity contribution in [2.75, 3.05) is 33.6 Å². The Bertz CT molecular complexity index is 434. The first kappa shape index (κ1) is 15.5. The topological polar surface area (TPSA) is 33.7 Å². The fourth-order valence-electron chi connectivity index (χ4n) is 2.48. The molecular formula is C15H24N2O2S. The molecule has 112 valence electrons. The molecule has 0 atom stereocenters. The Labute approximate surface area is 125 Å². The first-order valence-electron chi connectivity index (χ1n) is 7.05. The molecule has 1 N–H and O–H groups in total. The smallest absolute Gasteiger partial charge is 0.161 e. The Kier molecular flexibility index (Phi) is 6.01. The van der Waals surface area contributed by atoms with Crippen LogP contribution in [0.2, 0.25) is 0 Å². The number of benzene rings is 1. The molecule has 1 aliphatic rings. The van der Waals surface area contributed by atoms with E-state index in [1.54, 1.807) is 26.0 Å². The molecule has 1 aliphatic heterocycles. The van der Waals surface area contributed by atoms with Crippen molar-refractivity contribution in [3.8, 4) is 11.5 Å². The van der Waals surface area contributed by atoms with Gasteiger partial charge in [-0.15, -0.1) is 11.8 Å². The van der Waals surface area contributed by atoms with Gasteiger partial charge in [-0.05, 0) is 36.8 Å². The van der Waals surface area contributed by atoms with E-state index < -0.39 is 0 Å². The Morgan fingerprint density at radius 2 is 1.75 bits per heavy atom. The maximum atomic E-state index is 5.39. The molecule has 1 fully saturated rings. The number of methoxy groups -OCH3 is 2. The fourth-order valence-corrected chi connectivity index (χ4v) is 3.10. The highest BCUT2D eigenvalue weighted by Crippen LogP contribution is 2.34. The van der Waals surface area contributed by atoms with Crippen molar-refractivity contribution >= 4 is 11.8 Å². The number of nitrogens with zero attached hydrogens (tertiary/aromatic N) is 1. The molecule has 2 rings (SSSR count). The minimum absolute atomic E-state index is 0.790. The first-order valence-corrected chi connectivity index (χ1v) is 8.28. The minimum Gasteiger partial charge on any atom is -0.493 e. The quantitative estimate of drug-likeness (QED) is 0.816. The number of rotatable bonds is 6. The molecule has 20 heavy (non-hydrogen) atoms. The molecule has 1 aromatic rings. The van der Waals surface area contributed by atoms with Crippen LogP contribution in [0.25, 0.3) is 0 Å². The van der Waals surface area contributed by atoms with Crippen LogP contribution < -0.4 is 14.9 Å². The lowest BCUT2D eigenvalue weighted by Gasteiger charge is -2.27. The van der Waals surface area contributed by atoms with Gasteiger partial charge in [-0.3, -0.25) is 5.43 Å². The van der Waals surface area contributed by atoms with E-state index in [-0.39, 0.29) is 0 Å². The average Bonchev–Trinajstić information content (AvgIpc) is 2.52. The van der Waals surface area contributed by atoms with Gasteiger partial charge >= 0.3 is 0 Å². The molecule has 0 amide bonds. The Morgan fingerprint density at radius 3 is 2.35 bits per heavy atom. The third kappa shape index (κ3) is 3.81. The number of hydrogen-bond acceptors (Lipinski definition) is 5. The third-order valence-corrected chi connectivity index (χ3v) is 4.46. The lowest BCUT2D eigenvalue weighted by molar-refractivity contribution is 0.150. The molecule has 0 aliphatic carbocycles. The van der Waals surface area contributed by atoms with E-state index in [0.29, 0.717) is 0 Å². The fraction of sp³-hybridized carbons (Fsp3) is 0.600. The second-order valence-corrected chi connectivity index (χ2v) is 5.75. The van der Waals surface area contributed by atoms with Crippen molar-refractivity contribution in [3.63, 3.8) is 0 Å². The summed E-state index contributed by atoms with van der Waals surface area (Å²) >= 11 is 1.74. The molecule has 0 bridgehead atoms. The van der Waals surface area contributed by atoms with Crippen LogP contribution in [0.3, 0.4) is 0 Å². The average molecular weight is 296 g/mol. The van der Waals surface area contributed by atoms with E-state index >= 15 is 0 Å². The zero-order valence-electron chi connectivity index (χ0n) is 12.6. The van der Waals surface area contributed by atoms with E-state index in [9.17, 15) is 0 Å². The normalized spacial score (nSPS) is 16.1. The largest absolute Gasteiger partial charge is 0.493 e. The number of nitrogens with one attached hydrogen (secondary N) is 1. The van der Waals surface area contributed by atoms with Crippen LogP contribution in [0.4, 0.5) is 0 Å². The van der Waals surface area contributed by atoms with Gasteiger partial charge in [-0.25, -0.2) is 5.01 Å². The van der Waals surface area contributed by atoms with Crippen molar-refractivity contribution in [2.24, 2.45) is 0 Å². The van der Waals surface area contributed by atoms with Gasteiger partial charge in [0.1, 0.15) is 0 Å². The van der Waals surface area contributed by atoms with Gasteiger partial charge < -0.3 is 9.47 Å². The van der Waals surface area contributed by atoms with Crippen molar-refractivity contribution < 1.29 is 9.47 Å². The molecule has 5 heteroatoms. The molecule has 0 radical (unpaired) electrons. The van der Waals surface area contributed by atoms with Gasteiger partial charge in [0.25, 0.3) is 0 Å². The van der Waals surface area contributed by atoms with E-state index in [0.717, 1.165) is 31.1 Å². The summed E-state index contributed by atoms with van der Waals surface area (Å²) in [6, 6.07) is 4.12.